The number of ether oxygens (including phenoxy) is 1. The highest BCUT2D eigenvalue weighted by atomic mass is 79.9. The monoisotopic (exact) mass is 482 g/mol. The summed E-state index contributed by atoms with van der Waals surface area (Å²) >= 11 is 3.56. The van der Waals surface area contributed by atoms with Gasteiger partial charge in [-0.05, 0) is 55.8 Å². The third-order valence-electron chi connectivity index (χ3n) is 5.78. The van der Waals surface area contributed by atoms with Gasteiger partial charge >= 0.3 is 0 Å². The highest BCUT2D eigenvalue weighted by Gasteiger charge is 2.19. The minimum absolute atomic E-state index is 0.221. The largest absolute Gasteiger partial charge is 0.488 e. The molecule has 162 valence electrons. The van der Waals surface area contributed by atoms with Crippen molar-refractivity contribution in [2.75, 3.05) is 13.1 Å². The molecule has 1 heterocycles. The number of hydrogen-bond acceptors (Lipinski definition) is 3. The summed E-state index contributed by atoms with van der Waals surface area (Å²) in [4.78, 5) is 2.52. The lowest BCUT2D eigenvalue weighted by Gasteiger charge is -2.32. The number of piperidine rings is 1. The van der Waals surface area contributed by atoms with Gasteiger partial charge in [0.2, 0.25) is 0 Å². The molecule has 1 fully saturated rings. The Balaban J connectivity index is 1.29. The van der Waals surface area contributed by atoms with Crippen LogP contribution in [0.5, 0.6) is 5.75 Å². The summed E-state index contributed by atoms with van der Waals surface area (Å²) in [5.41, 5.74) is 3.02. The number of rotatable bonds is 8. The summed E-state index contributed by atoms with van der Waals surface area (Å²) in [6, 6.07) is 23.9. The Morgan fingerprint density at radius 3 is 2.45 bits per heavy atom. The van der Waals surface area contributed by atoms with Gasteiger partial charge in [0, 0.05) is 34.7 Å². The molecule has 0 atom stereocenters. The summed E-state index contributed by atoms with van der Waals surface area (Å²) in [7, 11) is 0. The second-order valence-electron chi connectivity index (χ2n) is 8.05. The smallest absolute Gasteiger partial charge is 0.129 e. The van der Waals surface area contributed by atoms with Crippen molar-refractivity contribution in [3.63, 3.8) is 0 Å². The Labute approximate surface area is 192 Å². The average Bonchev–Trinajstić information content (AvgIpc) is 2.80. The van der Waals surface area contributed by atoms with Crippen LogP contribution in [0.2, 0.25) is 0 Å². The molecule has 0 amide bonds. The molecule has 5 heteroatoms. The van der Waals surface area contributed by atoms with E-state index in [1.54, 1.807) is 12.1 Å². The summed E-state index contributed by atoms with van der Waals surface area (Å²) in [5.74, 6) is 0.557. The van der Waals surface area contributed by atoms with E-state index in [0.29, 0.717) is 11.6 Å². The number of nitrogens with zero attached hydrogens (tertiary/aromatic N) is 1. The normalized spacial score (nSPS) is 15.2. The third kappa shape index (κ3) is 6.39. The van der Waals surface area contributed by atoms with Crippen LogP contribution >= 0.6 is 15.9 Å². The maximum atomic E-state index is 13.9. The molecule has 4 rings (SSSR count). The molecule has 0 aromatic heterocycles. The molecule has 3 aromatic rings. The Morgan fingerprint density at radius 1 is 0.935 bits per heavy atom. The molecular formula is C26H28BrFN2O. The van der Waals surface area contributed by atoms with E-state index in [4.69, 9.17) is 4.74 Å². The molecule has 3 aromatic carbocycles. The molecule has 1 N–H and O–H groups in total. The van der Waals surface area contributed by atoms with Crippen LogP contribution in [0.15, 0.2) is 77.3 Å². The summed E-state index contributed by atoms with van der Waals surface area (Å²) in [6.07, 6.45) is 2.26. The zero-order valence-electron chi connectivity index (χ0n) is 17.6. The highest BCUT2D eigenvalue weighted by Crippen LogP contribution is 2.25. The van der Waals surface area contributed by atoms with E-state index >= 15 is 0 Å². The van der Waals surface area contributed by atoms with Crippen molar-refractivity contribution >= 4 is 15.9 Å². The Hall–Kier alpha value is -2.21. The van der Waals surface area contributed by atoms with Gasteiger partial charge in [0.05, 0.1) is 0 Å². The van der Waals surface area contributed by atoms with Gasteiger partial charge < -0.3 is 10.1 Å². The van der Waals surface area contributed by atoms with Gasteiger partial charge in [0.1, 0.15) is 18.2 Å². The highest BCUT2D eigenvalue weighted by molar-refractivity contribution is 9.10. The fourth-order valence-corrected chi connectivity index (χ4v) is 4.40. The SMILES string of the molecule is Fc1ccccc1COc1ccc(Br)cc1CNC1CCN(Cc2ccccc2)CC1. The molecule has 0 radical (unpaired) electrons. The summed E-state index contributed by atoms with van der Waals surface area (Å²) in [5, 5.41) is 3.70. The van der Waals surface area contributed by atoms with Crippen LogP contribution in [0, 0.1) is 5.82 Å². The third-order valence-corrected chi connectivity index (χ3v) is 6.27. The minimum Gasteiger partial charge on any atom is -0.488 e. The van der Waals surface area contributed by atoms with Crippen LogP contribution in [0.3, 0.4) is 0 Å². The Bertz CT molecular complexity index is 974. The Morgan fingerprint density at radius 2 is 1.68 bits per heavy atom. The van der Waals surface area contributed by atoms with E-state index in [9.17, 15) is 4.39 Å². The van der Waals surface area contributed by atoms with Gasteiger partial charge in [-0.2, -0.15) is 0 Å². The van der Waals surface area contributed by atoms with Crippen LogP contribution in [0.4, 0.5) is 4.39 Å². The van der Waals surface area contributed by atoms with Gasteiger partial charge in [-0.1, -0.05) is 64.5 Å². The van der Waals surface area contributed by atoms with Crippen LogP contribution < -0.4 is 10.1 Å². The second-order valence-corrected chi connectivity index (χ2v) is 8.96. The van der Waals surface area contributed by atoms with Gasteiger partial charge in [-0.15, -0.1) is 0 Å². The van der Waals surface area contributed by atoms with E-state index < -0.39 is 0 Å². The second kappa shape index (κ2) is 10.9. The maximum absolute atomic E-state index is 13.9. The van der Waals surface area contributed by atoms with Crippen molar-refractivity contribution < 1.29 is 9.13 Å². The molecule has 0 aliphatic carbocycles. The van der Waals surface area contributed by atoms with Crippen molar-refractivity contribution in [3.8, 4) is 5.75 Å². The summed E-state index contributed by atoms with van der Waals surface area (Å²) < 4.78 is 20.9. The van der Waals surface area contributed by atoms with Crippen molar-refractivity contribution in [3.05, 3.63) is 99.8 Å². The molecule has 3 nitrogen and oxygen atoms in total. The molecule has 0 bridgehead atoms. The fraction of sp³-hybridized carbons (Fsp3) is 0.308. The van der Waals surface area contributed by atoms with Gasteiger partial charge in [-0.3, -0.25) is 4.90 Å². The number of hydrogen-bond donors (Lipinski definition) is 1. The first-order valence-electron chi connectivity index (χ1n) is 10.8. The lowest BCUT2D eigenvalue weighted by atomic mass is 10.0. The summed E-state index contributed by atoms with van der Waals surface area (Å²) in [6.45, 7) is 4.17. The van der Waals surface area contributed by atoms with Crippen molar-refractivity contribution in [2.24, 2.45) is 0 Å². The molecule has 0 spiro atoms. The standard InChI is InChI=1S/C26H28BrFN2O/c27-23-10-11-26(31-19-21-8-4-5-9-25(21)28)22(16-23)17-29-24-12-14-30(15-13-24)18-20-6-2-1-3-7-20/h1-11,16,24,29H,12-15,17-19H2. The first-order valence-corrected chi connectivity index (χ1v) is 11.6. The molecule has 1 aliphatic heterocycles. The molecule has 1 saturated heterocycles. The predicted octanol–water partition coefficient (Wildman–Crippen LogP) is 5.92. The van der Waals surface area contributed by atoms with Crippen LogP contribution in [0.25, 0.3) is 0 Å². The molecular weight excluding hydrogens is 455 g/mol. The minimum atomic E-state index is -0.235. The number of nitrogens with one attached hydrogen (secondary N) is 1. The fourth-order valence-electron chi connectivity index (χ4n) is 3.99. The van der Waals surface area contributed by atoms with E-state index in [0.717, 1.165) is 54.8 Å². The van der Waals surface area contributed by atoms with Crippen LogP contribution in [-0.4, -0.2) is 24.0 Å². The van der Waals surface area contributed by atoms with Gasteiger partial charge in [0.25, 0.3) is 0 Å². The van der Waals surface area contributed by atoms with Gasteiger partial charge in [-0.25, -0.2) is 4.39 Å². The van der Waals surface area contributed by atoms with Crippen LogP contribution in [-0.2, 0) is 19.7 Å². The predicted molar refractivity (Wildman–Crippen MR) is 126 cm³/mol. The molecule has 31 heavy (non-hydrogen) atoms. The van der Waals surface area contributed by atoms with E-state index in [-0.39, 0.29) is 12.4 Å². The first kappa shape index (κ1) is 22.0. The first-order chi connectivity index (χ1) is 15.2. The van der Waals surface area contributed by atoms with Crippen molar-refractivity contribution in [1.29, 1.82) is 0 Å². The number of likely N-dealkylation sites (tertiary alicyclic amines) is 1. The number of benzene rings is 3. The molecule has 0 saturated carbocycles. The Kier molecular flexibility index (Phi) is 7.73. The average molecular weight is 483 g/mol. The molecule has 0 unspecified atom stereocenters. The zero-order valence-corrected chi connectivity index (χ0v) is 19.2. The molecule has 1 aliphatic rings. The van der Waals surface area contributed by atoms with Crippen molar-refractivity contribution in [2.45, 2.75) is 38.6 Å². The van der Waals surface area contributed by atoms with E-state index in [1.165, 1.54) is 11.6 Å². The van der Waals surface area contributed by atoms with E-state index in [2.05, 4.69) is 62.5 Å². The van der Waals surface area contributed by atoms with Crippen molar-refractivity contribution in [1.82, 2.24) is 10.2 Å². The van der Waals surface area contributed by atoms with Crippen LogP contribution in [0.1, 0.15) is 29.5 Å². The number of halogens is 2. The lowest BCUT2D eigenvalue weighted by Crippen LogP contribution is -2.41. The van der Waals surface area contributed by atoms with E-state index in [1.807, 2.05) is 18.2 Å². The topological polar surface area (TPSA) is 24.5 Å². The van der Waals surface area contributed by atoms with Gasteiger partial charge in [0.15, 0.2) is 0 Å². The quantitative estimate of drug-likeness (QED) is 0.431. The zero-order chi connectivity index (χ0) is 21.5. The lowest BCUT2D eigenvalue weighted by molar-refractivity contribution is 0.189. The maximum Gasteiger partial charge on any atom is 0.129 e.